The predicted octanol–water partition coefficient (Wildman–Crippen LogP) is 4.36. The van der Waals surface area contributed by atoms with Crippen LogP contribution in [0.2, 0.25) is 0 Å². The number of carbonyl (C=O) groups excluding carboxylic acids is 1. The molecule has 0 spiro atoms. The predicted molar refractivity (Wildman–Crippen MR) is 90.8 cm³/mol. The topological polar surface area (TPSA) is 59.3 Å². The van der Waals surface area contributed by atoms with Gasteiger partial charge in [-0.3, -0.25) is 0 Å². The SMILES string of the molecule is CCCC[C@H](CC)COC(=O)/C(C#N)=C\c1ccc(OC)cc1. The van der Waals surface area contributed by atoms with Crippen molar-refractivity contribution in [1.82, 2.24) is 0 Å². The molecule has 1 rings (SSSR count). The number of rotatable bonds is 9. The molecular formula is C19H25NO3. The summed E-state index contributed by atoms with van der Waals surface area (Å²) < 4.78 is 10.4. The molecule has 0 aliphatic heterocycles. The van der Waals surface area contributed by atoms with Gasteiger partial charge in [-0.2, -0.15) is 5.26 Å². The van der Waals surface area contributed by atoms with Crippen LogP contribution in [0, 0.1) is 17.2 Å². The lowest BCUT2D eigenvalue weighted by molar-refractivity contribution is -0.139. The van der Waals surface area contributed by atoms with Crippen molar-refractivity contribution in [1.29, 1.82) is 5.26 Å². The van der Waals surface area contributed by atoms with Gasteiger partial charge in [-0.05, 0) is 36.1 Å². The van der Waals surface area contributed by atoms with Gasteiger partial charge in [0.05, 0.1) is 13.7 Å². The number of methoxy groups -OCH3 is 1. The van der Waals surface area contributed by atoms with Crippen LogP contribution in [0.4, 0.5) is 0 Å². The molecule has 0 fully saturated rings. The zero-order chi connectivity index (χ0) is 17.1. The maximum absolute atomic E-state index is 12.1. The molecule has 0 aliphatic carbocycles. The molecule has 0 N–H and O–H groups in total. The Morgan fingerprint density at radius 3 is 2.52 bits per heavy atom. The molecule has 0 radical (unpaired) electrons. The fourth-order valence-electron chi connectivity index (χ4n) is 2.17. The Morgan fingerprint density at radius 1 is 1.30 bits per heavy atom. The quantitative estimate of drug-likeness (QED) is 0.386. The van der Waals surface area contributed by atoms with Crippen LogP contribution in [0.3, 0.4) is 0 Å². The van der Waals surface area contributed by atoms with Gasteiger partial charge in [0.15, 0.2) is 0 Å². The molecule has 1 atom stereocenters. The van der Waals surface area contributed by atoms with Gasteiger partial charge in [-0.25, -0.2) is 4.79 Å². The molecule has 4 heteroatoms. The molecule has 0 amide bonds. The minimum atomic E-state index is -0.557. The first-order chi connectivity index (χ1) is 11.1. The zero-order valence-electron chi connectivity index (χ0n) is 14.2. The Hall–Kier alpha value is -2.28. The van der Waals surface area contributed by atoms with E-state index >= 15 is 0 Å². The van der Waals surface area contributed by atoms with Crippen molar-refractivity contribution in [2.45, 2.75) is 39.5 Å². The van der Waals surface area contributed by atoms with Crippen LogP contribution in [0.1, 0.15) is 45.1 Å². The van der Waals surface area contributed by atoms with Crippen LogP contribution < -0.4 is 4.74 Å². The highest BCUT2D eigenvalue weighted by Gasteiger charge is 2.14. The van der Waals surface area contributed by atoms with E-state index < -0.39 is 5.97 Å². The zero-order valence-corrected chi connectivity index (χ0v) is 14.2. The number of ether oxygens (including phenoxy) is 2. The first kappa shape index (κ1) is 18.8. The van der Waals surface area contributed by atoms with E-state index in [1.54, 1.807) is 31.4 Å². The molecule has 0 aromatic heterocycles. The average molecular weight is 315 g/mol. The number of benzene rings is 1. The summed E-state index contributed by atoms with van der Waals surface area (Å²) in [5.41, 5.74) is 0.776. The van der Waals surface area contributed by atoms with Gasteiger partial charge in [0.1, 0.15) is 17.4 Å². The first-order valence-corrected chi connectivity index (χ1v) is 8.07. The highest BCUT2D eigenvalue weighted by molar-refractivity contribution is 5.97. The molecule has 0 saturated heterocycles. The van der Waals surface area contributed by atoms with E-state index in [0.717, 1.165) is 37.0 Å². The van der Waals surface area contributed by atoms with Crippen LogP contribution >= 0.6 is 0 Å². The fourth-order valence-corrected chi connectivity index (χ4v) is 2.17. The summed E-state index contributed by atoms with van der Waals surface area (Å²) in [5, 5.41) is 9.18. The lowest BCUT2D eigenvalue weighted by atomic mass is 10.0. The number of nitrogens with zero attached hydrogens (tertiary/aromatic N) is 1. The molecule has 124 valence electrons. The van der Waals surface area contributed by atoms with E-state index in [4.69, 9.17) is 9.47 Å². The molecule has 0 bridgehead atoms. The van der Waals surface area contributed by atoms with E-state index in [0.29, 0.717) is 12.5 Å². The van der Waals surface area contributed by atoms with Crippen molar-refractivity contribution in [2.24, 2.45) is 5.92 Å². The lowest BCUT2D eigenvalue weighted by Crippen LogP contribution is -2.14. The average Bonchev–Trinajstić information content (AvgIpc) is 2.60. The van der Waals surface area contributed by atoms with Gasteiger partial charge in [0, 0.05) is 0 Å². The molecular weight excluding hydrogens is 290 g/mol. The largest absolute Gasteiger partial charge is 0.497 e. The summed E-state index contributed by atoms with van der Waals surface area (Å²) in [7, 11) is 1.59. The van der Waals surface area contributed by atoms with Gasteiger partial charge in [-0.15, -0.1) is 0 Å². The van der Waals surface area contributed by atoms with Crippen LogP contribution in [-0.4, -0.2) is 19.7 Å². The molecule has 0 saturated carbocycles. The molecule has 1 aromatic rings. The molecule has 0 heterocycles. The summed E-state index contributed by atoms with van der Waals surface area (Å²) in [5.74, 6) is 0.531. The smallest absolute Gasteiger partial charge is 0.348 e. The fraction of sp³-hybridized carbons (Fsp3) is 0.474. The van der Waals surface area contributed by atoms with Crippen molar-refractivity contribution in [3.8, 4) is 11.8 Å². The first-order valence-electron chi connectivity index (χ1n) is 8.07. The second-order valence-electron chi connectivity index (χ2n) is 5.46. The van der Waals surface area contributed by atoms with Gasteiger partial charge in [-0.1, -0.05) is 45.2 Å². The highest BCUT2D eigenvalue weighted by atomic mass is 16.5. The minimum Gasteiger partial charge on any atom is -0.497 e. The second kappa shape index (κ2) is 10.4. The Kier molecular flexibility index (Phi) is 8.52. The normalized spacial score (nSPS) is 12.3. The monoisotopic (exact) mass is 315 g/mol. The van der Waals surface area contributed by atoms with Crippen molar-refractivity contribution >= 4 is 12.0 Å². The van der Waals surface area contributed by atoms with Crippen molar-refractivity contribution in [3.05, 3.63) is 35.4 Å². The third kappa shape index (κ3) is 6.56. The number of carbonyl (C=O) groups is 1. The van der Waals surface area contributed by atoms with Crippen LogP contribution in [0.5, 0.6) is 5.75 Å². The summed E-state index contributed by atoms with van der Waals surface area (Å²) in [4.78, 5) is 12.1. The van der Waals surface area contributed by atoms with E-state index in [2.05, 4.69) is 13.8 Å². The summed E-state index contributed by atoms with van der Waals surface area (Å²) in [6, 6.07) is 9.07. The summed E-state index contributed by atoms with van der Waals surface area (Å²) >= 11 is 0. The maximum Gasteiger partial charge on any atom is 0.348 e. The van der Waals surface area contributed by atoms with E-state index in [9.17, 15) is 10.1 Å². The Morgan fingerprint density at radius 2 is 2.00 bits per heavy atom. The standard InChI is InChI=1S/C19H25NO3/c1-4-6-7-15(5-2)14-23-19(21)17(13-20)12-16-8-10-18(22-3)11-9-16/h8-12,15H,4-7,14H2,1-3H3/b17-12-/t15-/m0/s1. The third-order valence-electron chi connectivity index (χ3n) is 3.76. The Balaban J connectivity index is 2.66. The number of unbranched alkanes of at least 4 members (excludes halogenated alkanes) is 1. The van der Waals surface area contributed by atoms with Crippen LogP contribution in [-0.2, 0) is 9.53 Å². The second-order valence-corrected chi connectivity index (χ2v) is 5.46. The van der Waals surface area contributed by atoms with Crippen LogP contribution in [0.15, 0.2) is 29.8 Å². The van der Waals surface area contributed by atoms with E-state index in [-0.39, 0.29) is 5.57 Å². The van der Waals surface area contributed by atoms with Gasteiger partial charge >= 0.3 is 5.97 Å². The number of hydrogen-bond acceptors (Lipinski definition) is 4. The molecule has 0 aliphatic rings. The Labute approximate surface area is 138 Å². The maximum atomic E-state index is 12.1. The number of nitriles is 1. The minimum absolute atomic E-state index is 0.0144. The summed E-state index contributed by atoms with van der Waals surface area (Å²) in [6.45, 7) is 4.60. The third-order valence-corrected chi connectivity index (χ3v) is 3.76. The number of esters is 1. The molecule has 23 heavy (non-hydrogen) atoms. The van der Waals surface area contributed by atoms with Gasteiger partial charge < -0.3 is 9.47 Å². The van der Waals surface area contributed by atoms with Crippen molar-refractivity contribution in [3.63, 3.8) is 0 Å². The van der Waals surface area contributed by atoms with E-state index in [1.165, 1.54) is 6.08 Å². The van der Waals surface area contributed by atoms with Crippen molar-refractivity contribution < 1.29 is 14.3 Å². The van der Waals surface area contributed by atoms with Gasteiger partial charge in [0.2, 0.25) is 0 Å². The molecule has 4 nitrogen and oxygen atoms in total. The van der Waals surface area contributed by atoms with Gasteiger partial charge in [0.25, 0.3) is 0 Å². The number of hydrogen-bond donors (Lipinski definition) is 0. The summed E-state index contributed by atoms with van der Waals surface area (Å²) in [6.07, 6.45) is 5.81. The Bertz CT molecular complexity index is 555. The van der Waals surface area contributed by atoms with E-state index in [1.807, 2.05) is 6.07 Å². The van der Waals surface area contributed by atoms with Crippen molar-refractivity contribution in [2.75, 3.05) is 13.7 Å². The lowest BCUT2D eigenvalue weighted by Gasteiger charge is -2.14. The highest BCUT2D eigenvalue weighted by Crippen LogP contribution is 2.16. The molecule has 1 aromatic carbocycles. The molecule has 0 unspecified atom stereocenters. The van der Waals surface area contributed by atoms with Crippen LogP contribution in [0.25, 0.3) is 6.08 Å².